The van der Waals surface area contributed by atoms with E-state index in [4.69, 9.17) is 14.2 Å². The zero-order valence-corrected chi connectivity index (χ0v) is 13.0. The lowest BCUT2D eigenvalue weighted by molar-refractivity contribution is -0.176. The third-order valence-corrected chi connectivity index (χ3v) is 3.69. The van der Waals surface area contributed by atoms with E-state index < -0.39 is 18.1 Å². The number of rotatable bonds is 6. The molecule has 120 valence electrons. The van der Waals surface area contributed by atoms with E-state index in [1.807, 2.05) is 0 Å². The van der Waals surface area contributed by atoms with Crippen molar-refractivity contribution in [2.24, 2.45) is 0 Å². The second-order valence-corrected chi connectivity index (χ2v) is 4.75. The first-order valence-electron chi connectivity index (χ1n) is 6.69. The number of esters is 1. The van der Waals surface area contributed by atoms with Crippen LogP contribution in [0, 0.1) is 0 Å². The Labute approximate surface area is 128 Å². The van der Waals surface area contributed by atoms with Gasteiger partial charge in [0.15, 0.2) is 6.10 Å². The van der Waals surface area contributed by atoms with Gasteiger partial charge < -0.3 is 23.8 Å². The lowest BCUT2D eigenvalue weighted by Crippen LogP contribution is -2.60. The van der Waals surface area contributed by atoms with Crippen LogP contribution in [0.1, 0.15) is 11.6 Å². The van der Waals surface area contributed by atoms with Crippen molar-refractivity contribution in [3.05, 3.63) is 23.8 Å². The first-order valence-corrected chi connectivity index (χ1v) is 6.69. The molecule has 1 fully saturated rings. The number of hydrogen-bond acceptors (Lipinski definition) is 6. The number of carbonyl (C=O) groups excluding carboxylic acids is 2. The predicted molar refractivity (Wildman–Crippen MR) is 76.8 cm³/mol. The van der Waals surface area contributed by atoms with Crippen LogP contribution < -0.4 is 9.47 Å². The maximum atomic E-state index is 12.1. The molecule has 1 saturated heterocycles. The number of amides is 1. The summed E-state index contributed by atoms with van der Waals surface area (Å²) in [7, 11) is 5.83. The van der Waals surface area contributed by atoms with Crippen LogP contribution in [-0.2, 0) is 19.1 Å². The van der Waals surface area contributed by atoms with Gasteiger partial charge in [0, 0.05) is 12.7 Å². The molecule has 1 aromatic rings. The van der Waals surface area contributed by atoms with E-state index in [-0.39, 0.29) is 12.5 Å². The van der Waals surface area contributed by atoms with Gasteiger partial charge in [0.05, 0.1) is 27.4 Å². The summed E-state index contributed by atoms with van der Waals surface area (Å²) in [5, 5.41) is 0. The predicted octanol–water partition coefficient (Wildman–Crippen LogP) is 0.775. The third kappa shape index (κ3) is 2.71. The monoisotopic (exact) mass is 309 g/mol. The fourth-order valence-corrected chi connectivity index (χ4v) is 2.53. The Hall–Kier alpha value is -2.28. The number of β-lactam (4-membered cyclic amide) rings is 1. The van der Waals surface area contributed by atoms with Gasteiger partial charge in [0.2, 0.25) is 0 Å². The molecule has 7 nitrogen and oxygen atoms in total. The van der Waals surface area contributed by atoms with Gasteiger partial charge in [-0.05, 0) is 18.2 Å². The maximum absolute atomic E-state index is 12.1. The summed E-state index contributed by atoms with van der Waals surface area (Å²) in [5.74, 6) is 0.468. The van der Waals surface area contributed by atoms with Gasteiger partial charge in [-0.2, -0.15) is 0 Å². The second kappa shape index (κ2) is 6.65. The first kappa shape index (κ1) is 16.1. The molecular formula is C15H19NO6. The second-order valence-electron chi connectivity index (χ2n) is 4.75. The van der Waals surface area contributed by atoms with Crippen molar-refractivity contribution >= 4 is 11.9 Å². The molecule has 1 aliphatic rings. The number of methoxy groups -OCH3 is 4. The molecule has 0 radical (unpaired) electrons. The Balaban J connectivity index is 2.37. The van der Waals surface area contributed by atoms with Gasteiger partial charge in [-0.15, -0.1) is 0 Å². The highest BCUT2D eigenvalue weighted by molar-refractivity contribution is 5.92. The molecule has 0 N–H and O–H groups in total. The van der Waals surface area contributed by atoms with Gasteiger partial charge in [0.1, 0.15) is 18.0 Å². The summed E-state index contributed by atoms with van der Waals surface area (Å²) in [6, 6.07) is 4.85. The Kier molecular flexibility index (Phi) is 4.87. The van der Waals surface area contributed by atoms with Crippen molar-refractivity contribution in [3.63, 3.8) is 0 Å². The van der Waals surface area contributed by atoms with Crippen LogP contribution in [0.5, 0.6) is 11.5 Å². The van der Waals surface area contributed by atoms with Crippen LogP contribution >= 0.6 is 0 Å². The molecule has 0 unspecified atom stereocenters. The molecule has 0 spiro atoms. The van der Waals surface area contributed by atoms with Crippen LogP contribution in [0.25, 0.3) is 0 Å². The molecule has 7 heteroatoms. The normalized spacial score (nSPS) is 20.4. The number of carbonyl (C=O) groups is 2. The molecule has 1 heterocycles. The van der Waals surface area contributed by atoms with E-state index in [9.17, 15) is 9.59 Å². The third-order valence-electron chi connectivity index (χ3n) is 3.69. The highest BCUT2D eigenvalue weighted by Crippen LogP contribution is 2.42. The van der Waals surface area contributed by atoms with Crippen molar-refractivity contribution in [2.45, 2.75) is 12.1 Å². The van der Waals surface area contributed by atoms with Crippen LogP contribution in [0.3, 0.4) is 0 Å². The molecule has 0 saturated carbocycles. The summed E-state index contributed by atoms with van der Waals surface area (Å²) < 4.78 is 20.4. The Morgan fingerprint density at radius 2 is 1.91 bits per heavy atom. The Morgan fingerprint density at radius 1 is 1.18 bits per heavy atom. The number of hydrogen-bond donors (Lipinski definition) is 0. The summed E-state index contributed by atoms with van der Waals surface area (Å²) >= 11 is 0. The highest BCUT2D eigenvalue weighted by Gasteiger charge is 2.50. The summed E-state index contributed by atoms with van der Waals surface area (Å²) in [6.45, 7) is -0.139. The number of nitrogens with zero attached hydrogens (tertiary/aromatic N) is 1. The zero-order chi connectivity index (χ0) is 16.3. The molecule has 0 bridgehead atoms. The van der Waals surface area contributed by atoms with Gasteiger partial charge in [-0.25, -0.2) is 0 Å². The van der Waals surface area contributed by atoms with Gasteiger partial charge >= 0.3 is 5.97 Å². The minimum atomic E-state index is -0.661. The first-order chi connectivity index (χ1) is 10.6. The highest BCUT2D eigenvalue weighted by atomic mass is 16.5. The minimum Gasteiger partial charge on any atom is -0.497 e. The fraction of sp³-hybridized carbons (Fsp3) is 0.467. The van der Waals surface area contributed by atoms with Crippen LogP contribution in [0.2, 0.25) is 0 Å². The van der Waals surface area contributed by atoms with E-state index in [1.54, 1.807) is 25.3 Å². The van der Waals surface area contributed by atoms with Crippen molar-refractivity contribution in [1.29, 1.82) is 0 Å². The van der Waals surface area contributed by atoms with E-state index in [2.05, 4.69) is 4.74 Å². The molecule has 2 rings (SSSR count). The topological polar surface area (TPSA) is 74.3 Å². The lowest BCUT2D eigenvalue weighted by atomic mass is 9.89. The average molecular weight is 309 g/mol. The SMILES string of the molecule is COC(=O)CN1C(=O)[C@@H](OC)[C@H]1c1cc(OC)ccc1OC. The smallest absolute Gasteiger partial charge is 0.325 e. The Morgan fingerprint density at radius 3 is 2.45 bits per heavy atom. The summed E-state index contributed by atoms with van der Waals surface area (Å²) in [6.07, 6.45) is -0.661. The lowest BCUT2D eigenvalue weighted by Gasteiger charge is -2.46. The van der Waals surface area contributed by atoms with Gasteiger partial charge in [-0.1, -0.05) is 0 Å². The van der Waals surface area contributed by atoms with Crippen LogP contribution in [0.15, 0.2) is 18.2 Å². The molecule has 0 aromatic heterocycles. The van der Waals surface area contributed by atoms with E-state index in [0.29, 0.717) is 11.5 Å². The zero-order valence-electron chi connectivity index (χ0n) is 13.0. The molecular weight excluding hydrogens is 290 g/mol. The van der Waals surface area contributed by atoms with E-state index in [1.165, 1.54) is 26.2 Å². The summed E-state index contributed by atoms with van der Waals surface area (Å²) in [4.78, 5) is 25.0. The van der Waals surface area contributed by atoms with Crippen molar-refractivity contribution < 1.29 is 28.5 Å². The molecule has 1 aromatic carbocycles. The van der Waals surface area contributed by atoms with Crippen LogP contribution in [-0.4, -0.2) is 57.9 Å². The summed E-state index contributed by atoms with van der Waals surface area (Å²) in [5.41, 5.74) is 0.720. The fourth-order valence-electron chi connectivity index (χ4n) is 2.53. The molecule has 2 atom stereocenters. The molecule has 1 aliphatic heterocycles. The van der Waals surface area contributed by atoms with Gasteiger partial charge in [-0.3, -0.25) is 9.59 Å². The number of ether oxygens (including phenoxy) is 4. The molecule has 22 heavy (non-hydrogen) atoms. The standard InChI is InChI=1S/C15H19NO6/c1-19-9-5-6-11(20-2)10(7-9)13-14(22-4)15(18)16(13)8-12(17)21-3/h5-7,13-14H,8H2,1-4H3/t13-,14+/m1/s1. The van der Waals surface area contributed by atoms with Crippen LogP contribution in [0.4, 0.5) is 0 Å². The van der Waals surface area contributed by atoms with Crippen molar-refractivity contribution in [3.8, 4) is 11.5 Å². The maximum Gasteiger partial charge on any atom is 0.325 e. The van der Waals surface area contributed by atoms with Crippen molar-refractivity contribution in [1.82, 2.24) is 4.90 Å². The van der Waals surface area contributed by atoms with Crippen molar-refractivity contribution in [2.75, 3.05) is 35.0 Å². The van der Waals surface area contributed by atoms with E-state index >= 15 is 0 Å². The average Bonchev–Trinajstić information content (AvgIpc) is 2.56. The van der Waals surface area contributed by atoms with Gasteiger partial charge in [0.25, 0.3) is 5.91 Å². The quantitative estimate of drug-likeness (QED) is 0.571. The number of benzene rings is 1. The van der Waals surface area contributed by atoms with E-state index in [0.717, 1.165) is 5.56 Å². The number of likely N-dealkylation sites (tertiary alicyclic amines) is 1. The largest absolute Gasteiger partial charge is 0.497 e. The minimum absolute atomic E-state index is 0.139. The Bertz CT molecular complexity index is 573. The molecule has 1 amide bonds. The molecule has 0 aliphatic carbocycles.